The number of amides is 3. The Labute approximate surface area is 164 Å². The van der Waals surface area contributed by atoms with E-state index < -0.39 is 35.9 Å². The third kappa shape index (κ3) is 5.55. The Kier molecular flexibility index (Phi) is 7.54. The van der Waals surface area contributed by atoms with E-state index in [-0.39, 0.29) is 18.2 Å². The highest BCUT2D eigenvalue weighted by molar-refractivity contribution is 5.99. The number of rotatable bonds is 8. The lowest BCUT2D eigenvalue weighted by atomic mass is 9.98. The zero-order valence-electron chi connectivity index (χ0n) is 16.4. The molecule has 8 nitrogen and oxygen atoms in total. The number of carbonyl (C=O) groups is 4. The van der Waals surface area contributed by atoms with E-state index in [1.54, 1.807) is 0 Å². The van der Waals surface area contributed by atoms with Crippen LogP contribution in [-0.2, 0) is 30.3 Å². The zero-order valence-corrected chi connectivity index (χ0v) is 16.4. The maximum absolute atomic E-state index is 12.3. The number of benzene rings is 1. The number of hydrogen-bond acceptors (Lipinski definition) is 5. The number of esters is 1. The van der Waals surface area contributed by atoms with Crippen molar-refractivity contribution in [3.63, 3.8) is 0 Å². The molecule has 1 saturated heterocycles. The van der Waals surface area contributed by atoms with Gasteiger partial charge in [-0.1, -0.05) is 50.6 Å². The first-order valence-electron chi connectivity index (χ1n) is 9.37. The van der Waals surface area contributed by atoms with Crippen molar-refractivity contribution in [1.29, 1.82) is 0 Å². The molecule has 1 aliphatic heterocycles. The lowest BCUT2D eigenvalue weighted by Gasteiger charge is -2.30. The first kappa shape index (κ1) is 21.4. The van der Waals surface area contributed by atoms with Crippen LogP contribution in [0.25, 0.3) is 0 Å². The molecule has 28 heavy (non-hydrogen) atoms. The summed E-state index contributed by atoms with van der Waals surface area (Å²) >= 11 is 0. The van der Waals surface area contributed by atoms with Crippen LogP contribution in [0.5, 0.6) is 0 Å². The summed E-state index contributed by atoms with van der Waals surface area (Å²) in [5.74, 6) is -1.93. The van der Waals surface area contributed by atoms with E-state index in [4.69, 9.17) is 4.74 Å². The lowest BCUT2D eigenvalue weighted by Crippen LogP contribution is -2.63. The topological polar surface area (TPSA) is 114 Å². The lowest BCUT2D eigenvalue weighted by molar-refractivity contribution is -0.147. The molecule has 0 unspecified atom stereocenters. The predicted molar refractivity (Wildman–Crippen MR) is 102 cm³/mol. The number of nitrogens with one attached hydrogen (secondary N) is 3. The van der Waals surface area contributed by atoms with Gasteiger partial charge in [0.2, 0.25) is 17.7 Å². The fraction of sp³-hybridized carbons (Fsp3) is 0.500. The molecule has 0 radical (unpaired) electrons. The highest BCUT2D eigenvalue weighted by atomic mass is 16.5. The van der Waals surface area contributed by atoms with Crippen molar-refractivity contribution >= 4 is 23.7 Å². The standard InChI is InChI=1S/C20H27N3O5/c1-4-12(2)17(20(27)28-3)23-16(24)11-15-19(26)21-14(18(25)22-15)10-13-8-6-5-7-9-13/h5-9,12,14-15,17H,4,10-11H2,1-3H3,(H,21,26)(H,22,25)(H,23,24)/t12-,14-,15-,17+/m0/s1. The highest BCUT2D eigenvalue weighted by Gasteiger charge is 2.36. The summed E-state index contributed by atoms with van der Waals surface area (Å²) in [6.07, 6.45) is 0.789. The second kappa shape index (κ2) is 9.87. The van der Waals surface area contributed by atoms with Crippen LogP contribution in [0.4, 0.5) is 0 Å². The molecule has 1 aliphatic rings. The van der Waals surface area contributed by atoms with Crippen molar-refractivity contribution in [2.75, 3.05) is 7.11 Å². The summed E-state index contributed by atoms with van der Waals surface area (Å²) in [5.41, 5.74) is 0.925. The van der Waals surface area contributed by atoms with Crippen LogP contribution < -0.4 is 16.0 Å². The Morgan fingerprint density at radius 2 is 1.71 bits per heavy atom. The smallest absolute Gasteiger partial charge is 0.328 e. The fourth-order valence-electron chi connectivity index (χ4n) is 3.03. The van der Waals surface area contributed by atoms with Gasteiger partial charge in [0, 0.05) is 6.42 Å². The number of methoxy groups -OCH3 is 1. The Hall–Kier alpha value is -2.90. The molecule has 0 spiro atoms. The van der Waals surface area contributed by atoms with E-state index in [2.05, 4.69) is 16.0 Å². The Balaban J connectivity index is 1.94. The molecule has 1 aromatic carbocycles. The quantitative estimate of drug-likeness (QED) is 0.554. The van der Waals surface area contributed by atoms with Crippen molar-refractivity contribution in [2.45, 2.75) is 51.2 Å². The van der Waals surface area contributed by atoms with Crippen LogP contribution >= 0.6 is 0 Å². The molecule has 0 saturated carbocycles. The van der Waals surface area contributed by atoms with Crippen LogP contribution in [0, 0.1) is 5.92 Å². The predicted octanol–water partition coefficient (Wildman–Crippen LogP) is 0.306. The van der Waals surface area contributed by atoms with E-state index in [1.165, 1.54) is 7.11 Å². The summed E-state index contributed by atoms with van der Waals surface area (Å²) < 4.78 is 4.73. The van der Waals surface area contributed by atoms with Crippen LogP contribution in [0.15, 0.2) is 30.3 Å². The third-order valence-electron chi connectivity index (χ3n) is 4.92. The van der Waals surface area contributed by atoms with Gasteiger partial charge >= 0.3 is 5.97 Å². The van der Waals surface area contributed by atoms with E-state index in [0.717, 1.165) is 5.56 Å². The highest BCUT2D eigenvalue weighted by Crippen LogP contribution is 2.11. The minimum atomic E-state index is -0.977. The van der Waals surface area contributed by atoms with Gasteiger partial charge < -0.3 is 20.7 Å². The fourth-order valence-corrected chi connectivity index (χ4v) is 3.03. The number of piperazine rings is 1. The summed E-state index contributed by atoms with van der Waals surface area (Å²) in [5, 5.41) is 7.88. The molecule has 1 aromatic rings. The first-order chi connectivity index (χ1) is 13.3. The minimum absolute atomic E-state index is 0.124. The largest absolute Gasteiger partial charge is 0.467 e. The van der Waals surface area contributed by atoms with E-state index in [1.807, 2.05) is 44.2 Å². The molecule has 3 amide bonds. The molecule has 0 aliphatic carbocycles. The van der Waals surface area contributed by atoms with Gasteiger partial charge in [0.1, 0.15) is 18.1 Å². The second-order valence-corrected chi connectivity index (χ2v) is 6.97. The average Bonchev–Trinajstić information content (AvgIpc) is 2.69. The summed E-state index contributed by atoms with van der Waals surface area (Å²) in [7, 11) is 1.26. The second-order valence-electron chi connectivity index (χ2n) is 6.97. The van der Waals surface area contributed by atoms with Gasteiger partial charge in [0.25, 0.3) is 0 Å². The zero-order chi connectivity index (χ0) is 20.7. The van der Waals surface area contributed by atoms with Gasteiger partial charge in [-0.2, -0.15) is 0 Å². The molecule has 4 atom stereocenters. The SMILES string of the molecule is CC[C@H](C)[C@@H](NC(=O)C[C@@H]1NC(=O)[C@H](Cc2ccccc2)NC1=O)C(=O)OC. The average molecular weight is 389 g/mol. The number of carbonyl (C=O) groups excluding carboxylic acids is 4. The van der Waals surface area contributed by atoms with Crippen molar-refractivity contribution < 1.29 is 23.9 Å². The van der Waals surface area contributed by atoms with Gasteiger partial charge in [0.05, 0.1) is 13.5 Å². The van der Waals surface area contributed by atoms with Crippen LogP contribution in [0.3, 0.4) is 0 Å². The van der Waals surface area contributed by atoms with Crippen molar-refractivity contribution in [2.24, 2.45) is 5.92 Å². The Morgan fingerprint density at radius 3 is 2.32 bits per heavy atom. The molecule has 1 fully saturated rings. The van der Waals surface area contributed by atoms with Crippen molar-refractivity contribution in [3.8, 4) is 0 Å². The van der Waals surface area contributed by atoms with Gasteiger partial charge in [-0.25, -0.2) is 4.79 Å². The normalized spacial score (nSPS) is 21.1. The van der Waals surface area contributed by atoms with Gasteiger partial charge in [-0.3, -0.25) is 14.4 Å². The molecule has 1 heterocycles. The van der Waals surface area contributed by atoms with Crippen molar-refractivity contribution in [1.82, 2.24) is 16.0 Å². The maximum Gasteiger partial charge on any atom is 0.328 e. The number of hydrogen-bond donors (Lipinski definition) is 3. The molecule has 0 bridgehead atoms. The summed E-state index contributed by atoms with van der Waals surface area (Å²) in [6.45, 7) is 3.72. The first-order valence-corrected chi connectivity index (χ1v) is 9.37. The molecular weight excluding hydrogens is 362 g/mol. The molecule has 8 heteroatoms. The third-order valence-corrected chi connectivity index (χ3v) is 4.92. The number of ether oxygens (including phenoxy) is 1. The summed E-state index contributed by atoms with van der Waals surface area (Å²) in [4.78, 5) is 48.9. The molecule has 3 N–H and O–H groups in total. The van der Waals surface area contributed by atoms with Crippen molar-refractivity contribution in [3.05, 3.63) is 35.9 Å². The summed E-state index contributed by atoms with van der Waals surface area (Å²) in [6, 6.07) is 6.89. The monoisotopic (exact) mass is 389 g/mol. The van der Waals surface area contributed by atoms with Crippen LogP contribution in [-0.4, -0.2) is 48.9 Å². The minimum Gasteiger partial charge on any atom is -0.467 e. The Morgan fingerprint density at radius 1 is 1.11 bits per heavy atom. The van der Waals surface area contributed by atoms with Gasteiger partial charge in [-0.05, 0) is 11.5 Å². The molecule has 0 aromatic heterocycles. The van der Waals surface area contributed by atoms with Crippen LogP contribution in [0.1, 0.15) is 32.3 Å². The van der Waals surface area contributed by atoms with Gasteiger partial charge in [-0.15, -0.1) is 0 Å². The van der Waals surface area contributed by atoms with E-state index >= 15 is 0 Å². The van der Waals surface area contributed by atoms with Crippen LogP contribution in [0.2, 0.25) is 0 Å². The van der Waals surface area contributed by atoms with Gasteiger partial charge in [0.15, 0.2) is 0 Å². The van der Waals surface area contributed by atoms with E-state index in [9.17, 15) is 19.2 Å². The maximum atomic E-state index is 12.3. The molecular formula is C20H27N3O5. The molecule has 2 rings (SSSR count). The molecule has 152 valence electrons. The van der Waals surface area contributed by atoms with E-state index in [0.29, 0.717) is 12.8 Å². The Bertz CT molecular complexity index is 722.